The van der Waals surface area contributed by atoms with E-state index < -0.39 is 0 Å². The number of hydrogen-bond acceptors (Lipinski definition) is 3. The summed E-state index contributed by atoms with van der Waals surface area (Å²) in [6.45, 7) is 6.97. The van der Waals surface area contributed by atoms with Gasteiger partial charge in [0.1, 0.15) is 15.8 Å². The summed E-state index contributed by atoms with van der Waals surface area (Å²) in [5.74, 6) is 2.17. The average Bonchev–Trinajstić information content (AvgIpc) is 2.76. The summed E-state index contributed by atoms with van der Waals surface area (Å²) in [5.41, 5.74) is 2.65. The molecule has 0 spiro atoms. The van der Waals surface area contributed by atoms with Gasteiger partial charge in [0.2, 0.25) is 0 Å². The molecule has 19 heavy (non-hydrogen) atoms. The quantitative estimate of drug-likeness (QED) is 0.779. The highest BCUT2D eigenvalue weighted by Crippen LogP contribution is 2.36. The van der Waals surface area contributed by atoms with Crippen LogP contribution in [0.4, 0.5) is 0 Å². The van der Waals surface area contributed by atoms with Gasteiger partial charge in [-0.3, -0.25) is 0 Å². The zero-order valence-electron chi connectivity index (χ0n) is 11.6. The fraction of sp³-hybridized carbons (Fsp3) is 0.500. The molecule has 1 aliphatic rings. The van der Waals surface area contributed by atoms with Crippen molar-refractivity contribution in [3.63, 3.8) is 0 Å². The first-order valence-corrected chi connectivity index (χ1v) is 7.72. The van der Waals surface area contributed by atoms with Crippen molar-refractivity contribution < 1.29 is 0 Å². The van der Waals surface area contributed by atoms with Gasteiger partial charge in [0.05, 0.1) is 0 Å². The Morgan fingerprint density at radius 2 is 2.16 bits per heavy atom. The van der Waals surface area contributed by atoms with E-state index in [-0.39, 0.29) is 0 Å². The zero-order valence-corrected chi connectivity index (χ0v) is 12.4. The molecule has 0 radical (unpaired) electrons. The molecule has 3 heteroatoms. The normalized spacial score (nSPS) is 22.5. The number of aromatic nitrogens is 1. The number of thiophene rings is 1. The van der Waals surface area contributed by atoms with Crippen LogP contribution in [0.15, 0.2) is 12.1 Å². The van der Waals surface area contributed by atoms with Crippen LogP contribution in [0.2, 0.25) is 0 Å². The Labute approximate surface area is 118 Å². The molecule has 0 saturated carbocycles. The third kappa shape index (κ3) is 2.15. The molecule has 0 saturated heterocycles. The second kappa shape index (κ2) is 4.61. The molecule has 0 bridgehead atoms. The van der Waals surface area contributed by atoms with E-state index >= 15 is 0 Å². The zero-order chi connectivity index (χ0) is 13.6. The molecule has 2 atom stereocenters. The number of hydrogen-bond donors (Lipinski definition) is 0. The molecule has 0 aliphatic heterocycles. The Hall–Kier alpha value is -1.40. The van der Waals surface area contributed by atoms with Gasteiger partial charge >= 0.3 is 0 Å². The highest BCUT2D eigenvalue weighted by Gasteiger charge is 2.28. The molecule has 1 aliphatic carbocycles. The van der Waals surface area contributed by atoms with Gasteiger partial charge in [-0.05, 0) is 48.3 Å². The van der Waals surface area contributed by atoms with Crippen LogP contribution in [0, 0.1) is 29.1 Å². The van der Waals surface area contributed by atoms with E-state index in [1.165, 1.54) is 22.6 Å². The lowest BCUT2D eigenvalue weighted by Crippen LogP contribution is -2.27. The van der Waals surface area contributed by atoms with Crippen LogP contribution in [0.1, 0.15) is 36.9 Å². The summed E-state index contributed by atoms with van der Waals surface area (Å²) in [6, 6.07) is 6.45. The lowest BCUT2D eigenvalue weighted by atomic mass is 9.73. The van der Waals surface area contributed by atoms with Gasteiger partial charge in [0, 0.05) is 11.1 Å². The molecule has 2 nitrogen and oxygen atoms in total. The summed E-state index contributed by atoms with van der Waals surface area (Å²) in [7, 11) is 0. The Balaban J connectivity index is 2.07. The van der Waals surface area contributed by atoms with Gasteiger partial charge in [0.15, 0.2) is 0 Å². The molecule has 0 N–H and O–H groups in total. The maximum Gasteiger partial charge on any atom is 0.124 e. The summed E-state index contributed by atoms with van der Waals surface area (Å²) < 4.78 is 0. The predicted molar refractivity (Wildman–Crippen MR) is 79.2 cm³/mol. The largest absolute Gasteiger partial charge is 0.242 e. The summed E-state index contributed by atoms with van der Waals surface area (Å²) in [5, 5.41) is 10.1. The van der Waals surface area contributed by atoms with Crippen molar-refractivity contribution >= 4 is 21.6 Å². The highest BCUT2D eigenvalue weighted by molar-refractivity contribution is 7.19. The van der Waals surface area contributed by atoms with Crippen LogP contribution < -0.4 is 0 Å². The first-order chi connectivity index (χ1) is 9.08. The lowest BCUT2D eigenvalue weighted by Gasteiger charge is -2.33. The Morgan fingerprint density at radius 1 is 1.37 bits per heavy atom. The van der Waals surface area contributed by atoms with E-state index in [1.807, 2.05) is 6.07 Å². The molecule has 2 unspecified atom stereocenters. The van der Waals surface area contributed by atoms with Crippen molar-refractivity contribution in [2.45, 2.75) is 33.6 Å². The standard InChI is InChI=1S/C16H18N2S/c1-9(2)14-7-11-5-12-6-13(8-17)19-16(12)18-15(11)4-10(14)3/h5-6,9-10,14H,4,7H2,1-3H3. The minimum Gasteiger partial charge on any atom is -0.242 e. The topological polar surface area (TPSA) is 36.7 Å². The number of nitriles is 1. The van der Waals surface area contributed by atoms with E-state index in [0.717, 1.165) is 39.8 Å². The summed E-state index contributed by atoms with van der Waals surface area (Å²) in [4.78, 5) is 6.58. The molecule has 0 fully saturated rings. The van der Waals surface area contributed by atoms with E-state index in [4.69, 9.17) is 10.2 Å². The molecule has 2 aromatic rings. The molecule has 2 aromatic heterocycles. The number of nitrogens with zero attached hydrogens (tertiary/aromatic N) is 2. The van der Waals surface area contributed by atoms with Crippen LogP contribution >= 0.6 is 11.3 Å². The molecular formula is C16H18N2S. The second-order valence-corrected chi connectivity index (χ2v) is 7.04. The first kappa shape index (κ1) is 12.6. The van der Waals surface area contributed by atoms with E-state index in [0.29, 0.717) is 5.92 Å². The van der Waals surface area contributed by atoms with Gasteiger partial charge in [-0.25, -0.2) is 4.98 Å². The third-order valence-electron chi connectivity index (χ3n) is 4.35. The highest BCUT2D eigenvalue weighted by atomic mass is 32.1. The molecule has 2 heterocycles. The van der Waals surface area contributed by atoms with Gasteiger partial charge in [0.25, 0.3) is 0 Å². The summed E-state index contributed by atoms with van der Waals surface area (Å²) >= 11 is 1.51. The first-order valence-electron chi connectivity index (χ1n) is 6.91. The van der Waals surface area contributed by atoms with E-state index in [9.17, 15) is 0 Å². The van der Waals surface area contributed by atoms with Crippen LogP contribution in [-0.2, 0) is 12.8 Å². The molecule has 3 rings (SSSR count). The van der Waals surface area contributed by atoms with Crippen LogP contribution in [0.5, 0.6) is 0 Å². The Bertz CT molecular complexity index is 663. The molecule has 0 aromatic carbocycles. The average molecular weight is 270 g/mol. The minimum atomic E-state index is 0.702. The van der Waals surface area contributed by atoms with Gasteiger partial charge in [-0.2, -0.15) is 5.26 Å². The van der Waals surface area contributed by atoms with Crippen molar-refractivity contribution in [3.05, 3.63) is 28.3 Å². The van der Waals surface area contributed by atoms with Crippen LogP contribution in [0.25, 0.3) is 10.2 Å². The lowest BCUT2D eigenvalue weighted by molar-refractivity contribution is 0.250. The van der Waals surface area contributed by atoms with Gasteiger partial charge in [-0.1, -0.05) is 20.8 Å². The second-order valence-electron chi connectivity index (χ2n) is 6.00. The van der Waals surface area contributed by atoms with E-state index in [2.05, 4.69) is 32.9 Å². The van der Waals surface area contributed by atoms with Gasteiger partial charge in [-0.15, -0.1) is 11.3 Å². The fourth-order valence-corrected chi connectivity index (χ4v) is 4.10. The smallest absolute Gasteiger partial charge is 0.124 e. The number of rotatable bonds is 1. The molecule has 0 amide bonds. The van der Waals surface area contributed by atoms with Crippen molar-refractivity contribution in [3.8, 4) is 6.07 Å². The number of fused-ring (bicyclic) bond motifs is 2. The van der Waals surface area contributed by atoms with Crippen molar-refractivity contribution in [1.29, 1.82) is 5.26 Å². The van der Waals surface area contributed by atoms with Crippen molar-refractivity contribution in [1.82, 2.24) is 4.98 Å². The maximum atomic E-state index is 8.99. The molecular weight excluding hydrogens is 252 g/mol. The van der Waals surface area contributed by atoms with Gasteiger partial charge < -0.3 is 0 Å². The fourth-order valence-electron chi connectivity index (χ4n) is 3.26. The van der Waals surface area contributed by atoms with Crippen LogP contribution in [-0.4, -0.2) is 4.98 Å². The Morgan fingerprint density at radius 3 is 2.84 bits per heavy atom. The summed E-state index contributed by atoms with van der Waals surface area (Å²) in [6.07, 6.45) is 2.21. The predicted octanol–water partition coefficient (Wildman–Crippen LogP) is 4.17. The van der Waals surface area contributed by atoms with Crippen molar-refractivity contribution in [2.24, 2.45) is 17.8 Å². The maximum absolute atomic E-state index is 8.99. The third-order valence-corrected chi connectivity index (χ3v) is 5.29. The van der Waals surface area contributed by atoms with Crippen molar-refractivity contribution in [2.75, 3.05) is 0 Å². The SMILES string of the molecule is CC(C)C1Cc2cc3cc(C#N)sc3nc2CC1C. The monoisotopic (exact) mass is 270 g/mol. The van der Waals surface area contributed by atoms with E-state index in [1.54, 1.807) is 0 Å². The number of pyridine rings is 1. The minimum absolute atomic E-state index is 0.702. The molecule has 98 valence electrons. The van der Waals surface area contributed by atoms with Crippen LogP contribution in [0.3, 0.4) is 0 Å². The Kier molecular flexibility index (Phi) is 3.06.